The zero-order valence-electron chi connectivity index (χ0n) is 12.5. The Bertz CT molecular complexity index is 767. The minimum absolute atomic E-state index is 0.0286. The minimum atomic E-state index is -0.125. The van der Waals surface area contributed by atoms with Crippen LogP contribution in [0, 0.1) is 0 Å². The average molecular weight is 304 g/mol. The topological polar surface area (TPSA) is 35.5 Å². The number of ketones is 1. The first-order valence-corrected chi connectivity index (χ1v) is 7.36. The molecule has 0 heterocycles. The molecular formula is C20H16O3. The molecule has 3 heteroatoms. The molecule has 3 aromatic rings. The van der Waals surface area contributed by atoms with Crippen LogP contribution in [-0.2, 0) is 0 Å². The molecule has 3 nitrogen and oxygen atoms in total. The molecule has 0 aliphatic rings. The van der Waals surface area contributed by atoms with E-state index in [9.17, 15) is 4.79 Å². The Hall–Kier alpha value is -3.07. The van der Waals surface area contributed by atoms with Crippen LogP contribution in [0.1, 0.15) is 10.4 Å². The minimum Gasteiger partial charge on any atom is -0.485 e. The summed E-state index contributed by atoms with van der Waals surface area (Å²) >= 11 is 0. The van der Waals surface area contributed by atoms with Crippen LogP contribution >= 0.6 is 0 Å². The quantitative estimate of drug-likeness (QED) is 0.617. The predicted octanol–water partition coefficient (Wildman–Crippen LogP) is 4.74. The molecule has 0 saturated carbocycles. The normalized spacial score (nSPS) is 10.1. The van der Waals surface area contributed by atoms with Crippen molar-refractivity contribution in [3.8, 4) is 17.2 Å². The molecule has 0 aliphatic heterocycles. The highest BCUT2D eigenvalue weighted by molar-refractivity contribution is 5.99. The monoisotopic (exact) mass is 304 g/mol. The SMILES string of the molecule is O=C(COc1ccccc1)c1ccccc1Oc1ccccc1. The second-order valence-electron chi connectivity index (χ2n) is 4.94. The third-order valence-corrected chi connectivity index (χ3v) is 3.27. The van der Waals surface area contributed by atoms with E-state index in [1.54, 1.807) is 12.1 Å². The van der Waals surface area contributed by atoms with Crippen LogP contribution < -0.4 is 9.47 Å². The molecule has 0 fully saturated rings. The van der Waals surface area contributed by atoms with Crippen LogP contribution in [0.25, 0.3) is 0 Å². The Morgan fingerprint density at radius 3 is 1.96 bits per heavy atom. The molecule has 3 rings (SSSR count). The van der Waals surface area contributed by atoms with Crippen molar-refractivity contribution in [3.05, 3.63) is 90.5 Å². The molecule has 0 unspecified atom stereocenters. The number of para-hydroxylation sites is 3. The lowest BCUT2D eigenvalue weighted by Crippen LogP contribution is -2.12. The number of benzene rings is 3. The molecule has 0 aliphatic carbocycles. The predicted molar refractivity (Wildman–Crippen MR) is 89.2 cm³/mol. The van der Waals surface area contributed by atoms with Crippen molar-refractivity contribution < 1.29 is 14.3 Å². The van der Waals surface area contributed by atoms with Crippen molar-refractivity contribution in [1.82, 2.24) is 0 Å². The van der Waals surface area contributed by atoms with Gasteiger partial charge in [0.15, 0.2) is 6.61 Å². The van der Waals surface area contributed by atoms with Crippen molar-refractivity contribution in [2.24, 2.45) is 0 Å². The van der Waals surface area contributed by atoms with Crippen LogP contribution in [0.2, 0.25) is 0 Å². The fourth-order valence-electron chi connectivity index (χ4n) is 2.14. The van der Waals surface area contributed by atoms with Gasteiger partial charge in [-0.05, 0) is 36.4 Å². The summed E-state index contributed by atoms with van der Waals surface area (Å²) in [5, 5.41) is 0. The fourth-order valence-corrected chi connectivity index (χ4v) is 2.14. The molecule has 0 bridgehead atoms. The van der Waals surface area contributed by atoms with E-state index >= 15 is 0 Å². The van der Waals surface area contributed by atoms with E-state index in [0.29, 0.717) is 22.8 Å². The van der Waals surface area contributed by atoms with Gasteiger partial charge < -0.3 is 9.47 Å². The number of hydrogen-bond acceptors (Lipinski definition) is 3. The second kappa shape index (κ2) is 7.27. The van der Waals surface area contributed by atoms with Crippen molar-refractivity contribution in [3.63, 3.8) is 0 Å². The smallest absolute Gasteiger partial charge is 0.203 e. The maximum atomic E-state index is 12.4. The molecule has 3 aromatic carbocycles. The Morgan fingerprint density at radius 2 is 1.26 bits per heavy atom. The standard InChI is InChI=1S/C20H16O3/c21-19(15-22-16-9-3-1-4-10-16)18-13-7-8-14-20(18)23-17-11-5-2-6-12-17/h1-14H,15H2. The maximum Gasteiger partial charge on any atom is 0.203 e. The van der Waals surface area contributed by atoms with Crippen LogP contribution in [-0.4, -0.2) is 12.4 Å². The summed E-state index contributed by atoms with van der Waals surface area (Å²) in [4.78, 5) is 12.4. The summed E-state index contributed by atoms with van der Waals surface area (Å²) in [6, 6.07) is 25.8. The molecule has 0 saturated heterocycles. The summed E-state index contributed by atoms with van der Waals surface area (Å²) < 4.78 is 11.3. The molecule has 0 amide bonds. The van der Waals surface area contributed by atoms with Gasteiger partial charge in [0.1, 0.15) is 17.2 Å². The maximum absolute atomic E-state index is 12.4. The third kappa shape index (κ3) is 3.98. The van der Waals surface area contributed by atoms with Gasteiger partial charge in [-0.2, -0.15) is 0 Å². The van der Waals surface area contributed by atoms with Crippen LogP contribution in [0.15, 0.2) is 84.9 Å². The lowest BCUT2D eigenvalue weighted by atomic mass is 10.1. The summed E-state index contributed by atoms with van der Waals surface area (Å²) in [7, 11) is 0. The first-order chi connectivity index (χ1) is 11.3. The van der Waals surface area contributed by atoms with Gasteiger partial charge in [0.2, 0.25) is 5.78 Å². The van der Waals surface area contributed by atoms with Crippen LogP contribution in [0.4, 0.5) is 0 Å². The van der Waals surface area contributed by atoms with Gasteiger partial charge in [-0.3, -0.25) is 4.79 Å². The molecule has 114 valence electrons. The molecule has 0 atom stereocenters. The third-order valence-electron chi connectivity index (χ3n) is 3.27. The number of carbonyl (C=O) groups excluding carboxylic acids is 1. The molecule has 0 radical (unpaired) electrons. The molecule has 0 spiro atoms. The van der Waals surface area contributed by atoms with E-state index in [1.165, 1.54) is 0 Å². The number of carbonyl (C=O) groups is 1. The van der Waals surface area contributed by atoms with Crippen LogP contribution in [0.3, 0.4) is 0 Å². The van der Waals surface area contributed by atoms with Gasteiger partial charge in [-0.15, -0.1) is 0 Å². The van der Waals surface area contributed by atoms with Gasteiger partial charge in [-0.1, -0.05) is 48.5 Å². The number of ether oxygens (including phenoxy) is 2. The summed E-state index contributed by atoms with van der Waals surface area (Å²) in [6.07, 6.45) is 0. The van der Waals surface area contributed by atoms with Gasteiger partial charge in [0.25, 0.3) is 0 Å². The molecular weight excluding hydrogens is 288 g/mol. The molecule has 0 N–H and O–H groups in total. The van der Waals surface area contributed by atoms with Gasteiger partial charge in [-0.25, -0.2) is 0 Å². The van der Waals surface area contributed by atoms with E-state index in [2.05, 4.69) is 0 Å². The lowest BCUT2D eigenvalue weighted by Gasteiger charge is -2.11. The van der Waals surface area contributed by atoms with Crippen molar-refractivity contribution in [2.45, 2.75) is 0 Å². The first-order valence-electron chi connectivity index (χ1n) is 7.36. The highest BCUT2D eigenvalue weighted by atomic mass is 16.5. The van der Waals surface area contributed by atoms with E-state index in [1.807, 2.05) is 72.8 Å². The Labute approximate surface area is 135 Å². The highest BCUT2D eigenvalue weighted by Crippen LogP contribution is 2.25. The molecule has 0 aromatic heterocycles. The lowest BCUT2D eigenvalue weighted by molar-refractivity contribution is 0.0919. The number of rotatable bonds is 6. The Morgan fingerprint density at radius 1 is 0.696 bits per heavy atom. The zero-order chi connectivity index (χ0) is 15.9. The van der Waals surface area contributed by atoms with Gasteiger partial charge >= 0.3 is 0 Å². The molecule has 23 heavy (non-hydrogen) atoms. The Balaban J connectivity index is 1.73. The van der Waals surface area contributed by atoms with Gasteiger partial charge in [0, 0.05) is 0 Å². The number of hydrogen-bond donors (Lipinski definition) is 0. The van der Waals surface area contributed by atoms with E-state index in [4.69, 9.17) is 9.47 Å². The summed E-state index contributed by atoms with van der Waals surface area (Å²) in [5.41, 5.74) is 0.507. The largest absolute Gasteiger partial charge is 0.485 e. The number of Topliss-reactive ketones (excluding diaryl/α,β-unsaturated/α-hetero) is 1. The van der Waals surface area contributed by atoms with Crippen molar-refractivity contribution in [1.29, 1.82) is 0 Å². The average Bonchev–Trinajstić information content (AvgIpc) is 2.62. The second-order valence-corrected chi connectivity index (χ2v) is 4.94. The zero-order valence-corrected chi connectivity index (χ0v) is 12.5. The summed E-state index contributed by atoms with van der Waals surface area (Å²) in [5.74, 6) is 1.76. The van der Waals surface area contributed by atoms with Crippen molar-refractivity contribution >= 4 is 5.78 Å². The van der Waals surface area contributed by atoms with E-state index in [0.717, 1.165) is 0 Å². The highest BCUT2D eigenvalue weighted by Gasteiger charge is 2.13. The van der Waals surface area contributed by atoms with Crippen molar-refractivity contribution in [2.75, 3.05) is 6.61 Å². The van der Waals surface area contributed by atoms with Gasteiger partial charge in [0.05, 0.1) is 5.56 Å². The van der Waals surface area contributed by atoms with E-state index < -0.39 is 0 Å². The van der Waals surface area contributed by atoms with Crippen LogP contribution in [0.5, 0.6) is 17.2 Å². The van der Waals surface area contributed by atoms with E-state index in [-0.39, 0.29) is 12.4 Å². The first kappa shape index (κ1) is 14.9. The summed E-state index contributed by atoms with van der Waals surface area (Å²) in [6.45, 7) is -0.0286. The fraction of sp³-hybridized carbons (Fsp3) is 0.0500. The Kier molecular flexibility index (Phi) is 4.69.